The van der Waals surface area contributed by atoms with Crippen molar-refractivity contribution in [1.82, 2.24) is 10.2 Å². The highest BCUT2D eigenvalue weighted by Crippen LogP contribution is 2.34. The quantitative estimate of drug-likeness (QED) is 0.874. The lowest BCUT2D eigenvalue weighted by atomic mass is 9.88. The SMILES string of the molecule is CCCC(C)[C@H](c1ccc(C)c(F)c1F)N1CCNCC1.Cl. The monoisotopic (exact) mass is 332 g/mol. The lowest BCUT2D eigenvalue weighted by Gasteiger charge is -2.39. The number of benzene rings is 1. The lowest BCUT2D eigenvalue weighted by molar-refractivity contribution is 0.122. The molecule has 1 aliphatic heterocycles. The Morgan fingerprint density at radius 1 is 1.18 bits per heavy atom. The highest BCUT2D eigenvalue weighted by atomic mass is 35.5. The van der Waals surface area contributed by atoms with E-state index in [1.54, 1.807) is 19.1 Å². The number of hydrogen-bond donors (Lipinski definition) is 1. The molecule has 1 unspecified atom stereocenters. The van der Waals surface area contributed by atoms with E-state index in [1.165, 1.54) is 0 Å². The summed E-state index contributed by atoms with van der Waals surface area (Å²) in [5.74, 6) is -1.05. The Kier molecular flexibility index (Phi) is 7.74. The van der Waals surface area contributed by atoms with Crippen molar-refractivity contribution in [2.24, 2.45) is 5.92 Å². The van der Waals surface area contributed by atoms with E-state index in [0.29, 0.717) is 17.0 Å². The first kappa shape index (κ1) is 19.3. The van der Waals surface area contributed by atoms with E-state index in [1.807, 2.05) is 0 Å². The molecule has 2 atom stereocenters. The Balaban J connectivity index is 0.00000242. The number of piperazine rings is 1. The molecule has 1 aliphatic rings. The van der Waals surface area contributed by atoms with E-state index in [4.69, 9.17) is 0 Å². The normalized spacial score (nSPS) is 18.6. The Bertz CT molecular complexity index is 476. The molecule has 2 nitrogen and oxygen atoms in total. The number of rotatable bonds is 5. The average Bonchev–Trinajstić information content (AvgIpc) is 2.49. The van der Waals surface area contributed by atoms with Crippen molar-refractivity contribution < 1.29 is 8.78 Å². The number of nitrogens with one attached hydrogen (secondary N) is 1. The number of halogens is 3. The van der Waals surface area contributed by atoms with Crippen molar-refractivity contribution in [3.63, 3.8) is 0 Å². The second-order valence-corrected chi connectivity index (χ2v) is 6.10. The van der Waals surface area contributed by atoms with E-state index in [-0.39, 0.29) is 18.4 Å². The first-order valence-electron chi connectivity index (χ1n) is 7.95. The van der Waals surface area contributed by atoms with Gasteiger partial charge in [0.15, 0.2) is 11.6 Å². The van der Waals surface area contributed by atoms with Crippen molar-refractivity contribution in [2.45, 2.75) is 39.7 Å². The van der Waals surface area contributed by atoms with Crippen LogP contribution in [0.3, 0.4) is 0 Å². The van der Waals surface area contributed by atoms with Gasteiger partial charge in [0.05, 0.1) is 0 Å². The van der Waals surface area contributed by atoms with Crippen LogP contribution in [0.2, 0.25) is 0 Å². The molecular weight excluding hydrogens is 306 g/mol. The van der Waals surface area contributed by atoms with Gasteiger partial charge in [-0.25, -0.2) is 8.78 Å². The Labute approximate surface area is 138 Å². The zero-order chi connectivity index (χ0) is 15.4. The lowest BCUT2D eigenvalue weighted by Crippen LogP contribution is -2.46. The summed E-state index contributed by atoms with van der Waals surface area (Å²) in [5, 5.41) is 3.32. The molecule has 0 aromatic heterocycles. The largest absolute Gasteiger partial charge is 0.314 e. The van der Waals surface area contributed by atoms with Gasteiger partial charge in [-0.05, 0) is 24.8 Å². The molecule has 1 heterocycles. The zero-order valence-electron chi connectivity index (χ0n) is 13.7. The average molecular weight is 333 g/mol. The van der Waals surface area contributed by atoms with Gasteiger partial charge in [-0.15, -0.1) is 12.4 Å². The van der Waals surface area contributed by atoms with Gasteiger partial charge in [0.25, 0.3) is 0 Å². The van der Waals surface area contributed by atoms with Gasteiger partial charge in [-0.2, -0.15) is 0 Å². The molecule has 126 valence electrons. The fraction of sp³-hybridized carbons (Fsp3) is 0.647. The molecule has 1 aromatic carbocycles. The van der Waals surface area contributed by atoms with Gasteiger partial charge >= 0.3 is 0 Å². The number of hydrogen-bond acceptors (Lipinski definition) is 2. The molecule has 0 radical (unpaired) electrons. The molecule has 0 amide bonds. The first-order valence-corrected chi connectivity index (χ1v) is 7.95. The molecular formula is C17H27ClF2N2. The van der Waals surface area contributed by atoms with Crippen LogP contribution in [0.5, 0.6) is 0 Å². The van der Waals surface area contributed by atoms with Crippen molar-refractivity contribution in [3.8, 4) is 0 Å². The maximum atomic E-state index is 14.5. The summed E-state index contributed by atoms with van der Waals surface area (Å²) in [4.78, 5) is 2.30. The summed E-state index contributed by atoms with van der Waals surface area (Å²) in [6, 6.07) is 3.43. The minimum Gasteiger partial charge on any atom is -0.314 e. The third-order valence-corrected chi connectivity index (χ3v) is 4.45. The van der Waals surface area contributed by atoms with Crippen molar-refractivity contribution in [1.29, 1.82) is 0 Å². The van der Waals surface area contributed by atoms with Gasteiger partial charge in [0.2, 0.25) is 0 Å². The second kappa shape index (κ2) is 8.80. The van der Waals surface area contributed by atoms with E-state index in [9.17, 15) is 8.78 Å². The molecule has 0 spiro atoms. The molecule has 0 aliphatic carbocycles. The molecule has 1 N–H and O–H groups in total. The van der Waals surface area contributed by atoms with Crippen LogP contribution in [0.4, 0.5) is 8.78 Å². The third-order valence-electron chi connectivity index (χ3n) is 4.45. The van der Waals surface area contributed by atoms with Crippen molar-refractivity contribution in [3.05, 3.63) is 34.9 Å². The molecule has 1 saturated heterocycles. The predicted octanol–water partition coefficient (Wildman–Crippen LogP) is 4.08. The van der Waals surface area contributed by atoms with Gasteiger partial charge in [0.1, 0.15) is 0 Å². The second-order valence-electron chi connectivity index (χ2n) is 6.10. The fourth-order valence-electron chi connectivity index (χ4n) is 3.33. The Hall–Kier alpha value is -0.710. The van der Waals surface area contributed by atoms with Crippen LogP contribution in [0, 0.1) is 24.5 Å². The van der Waals surface area contributed by atoms with Crippen molar-refractivity contribution in [2.75, 3.05) is 26.2 Å². The minimum absolute atomic E-state index is 0. The van der Waals surface area contributed by atoms with Gasteiger partial charge in [-0.3, -0.25) is 4.90 Å². The third kappa shape index (κ3) is 4.18. The van der Waals surface area contributed by atoms with Crippen LogP contribution >= 0.6 is 12.4 Å². The van der Waals surface area contributed by atoms with E-state index < -0.39 is 11.6 Å². The molecule has 1 aromatic rings. The molecule has 0 bridgehead atoms. The summed E-state index contributed by atoms with van der Waals surface area (Å²) in [7, 11) is 0. The van der Waals surface area contributed by atoms with Crippen LogP contribution in [0.15, 0.2) is 12.1 Å². The van der Waals surface area contributed by atoms with Crippen LogP contribution in [-0.2, 0) is 0 Å². The van der Waals surface area contributed by atoms with Crippen LogP contribution in [0.1, 0.15) is 43.9 Å². The van der Waals surface area contributed by atoms with Crippen molar-refractivity contribution >= 4 is 12.4 Å². The highest BCUT2D eigenvalue weighted by molar-refractivity contribution is 5.85. The van der Waals surface area contributed by atoms with Crippen LogP contribution in [-0.4, -0.2) is 31.1 Å². The number of aryl methyl sites for hydroxylation is 1. The zero-order valence-corrected chi connectivity index (χ0v) is 14.5. The molecule has 1 fully saturated rings. The van der Waals surface area contributed by atoms with Crippen LogP contribution in [0.25, 0.3) is 0 Å². The predicted molar refractivity (Wildman–Crippen MR) is 89.6 cm³/mol. The fourth-order valence-corrected chi connectivity index (χ4v) is 3.33. The van der Waals surface area contributed by atoms with E-state index >= 15 is 0 Å². The smallest absolute Gasteiger partial charge is 0.163 e. The highest BCUT2D eigenvalue weighted by Gasteiger charge is 2.30. The summed E-state index contributed by atoms with van der Waals surface area (Å²) in [6.45, 7) is 9.47. The summed E-state index contributed by atoms with van der Waals surface area (Å²) < 4.78 is 28.4. The maximum Gasteiger partial charge on any atom is 0.163 e. The maximum absolute atomic E-state index is 14.5. The van der Waals surface area contributed by atoms with Gasteiger partial charge in [0, 0.05) is 37.8 Å². The minimum atomic E-state index is -0.698. The Morgan fingerprint density at radius 3 is 2.41 bits per heavy atom. The van der Waals surface area contributed by atoms with E-state index in [0.717, 1.165) is 39.0 Å². The standard InChI is InChI=1S/C17H26F2N2.ClH/c1-4-5-13(3)17(21-10-8-20-9-11-21)14-7-6-12(2)15(18)16(14)19;/h6-7,13,17,20H,4-5,8-11H2,1-3H3;1H/t13?,17-;/m1./s1. The molecule has 0 saturated carbocycles. The molecule has 2 rings (SSSR count). The molecule has 5 heteroatoms. The van der Waals surface area contributed by atoms with Gasteiger partial charge < -0.3 is 5.32 Å². The topological polar surface area (TPSA) is 15.3 Å². The first-order chi connectivity index (χ1) is 10.1. The summed E-state index contributed by atoms with van der Waals surface area (Å²) in [6.07, 6.45) is 2.07. The van der Waals surface area contributed by atoms with E-state index in [2.05, 4.69) is 24.1 Å². The summed E-state index contributed by atoms with van der Waals surface area (Å²) in [5.41, 5.74) is 0.888. The van der Waals surface area contributed by atoms with Gasteiger partial charge in [-0.1, -0.05) is 32.4 Å². The summed E-state index contributed by atoms with van der Waals surface area (Å²) >= 11 is 0. The Morgan fingerprint density at radius 2 is 1.82 bits per heavy atom. The number of nitrogens with zero attached hydrogens (tertiary/aromatic N) is 1. The molecule has 22 heavy (non-hydrogen) atoms. The van der Waals surface area contributed by atoms with Crippen LogP contribution < -0.4 is 5.32 Å².